The van der Waals surface area contributed by atoms with Crippen molar-refractivity contribution in [1.82, 2.24) is 25.3 Å². The van der Waals surface area contributed by atoms with Gasteiger partial charge >= 0.3 is 17.9 Å². The van der Waals surface area contributed by atoms with E-state index in [9.17, 15) is 74.4 Å². The van der Waals surface area contributed by atoms with Gasteiger partial charge in [-0.05, 0) is 115 Å². The number of halogens is 1. The minimum absolute atomic E-state index is 0. The molecule has 3 aromatic heterocycles. The Bertz CT molecular complexity index is 5270. The number of thiophene rings is 1. The number of methoxy groups -OCH3 is 3. The molecule has 8 aliphatic rings. The Kier molecular flexibility index (Phi) is 25.3. The van der Waals surface area contributed by atoms with E-state index in [4.69, 9.17) is 78.8 Å². The number of amides is 1. The Morgan fingerprint density at radius 3 is 2.15 bits per heavy atom. The highest BCUT2D eigenvalue weighted by molar-refractivity contribution is 7.10. The number of carbonyl (C=O) groups is 7. The maximum absolute atomic E-state index is 13.6. The van der Waals surface area contributed by atoms with Crippen molar-refractivity contribution in [2.75, 3.05) is 47.1 Å². The van der Waals surface area contributed by atoms with Gasteiger partial charge in [-0.2, -0.15) is 4.98 Å². The Morgan fingerprint density at radius 1 is 0.807 bits per heavy atom. The molecule has 3 aliphatic carbocycles. The smallest absolute Gasteiger partial charge is 0.326 e. The number of nitrogens with one attached hydrogen (secondary N) is 3. The summed E-state index contributed by atoms with van der Waals surface area (Å²) in [6.07, 6.45) is -9.33. The highest BCUT2D eigenvalue weighted by Crippen LogP contribution is 2.58. The van der Waals surface area contributed by atoms with Crippen LogP contribution >= 0.6 is 23.7 Å². The number of benzene rings is 5. The van der Waals surface area contributed by atoms with Gasteiger partial charge in [0.2, 0.25) is 23.9 Å². The van der Waals surface area contributed by atoms with Gasteiger partial charge in [0.1, 0.15) is 64.6 Å². The molecule has 16 rings (SSSR count). The summed E-state index contributed by atoms with van der Waals surface area (Å²) in [4.78, 5) is 104. The van der Waals surface area contributed by atoms with Crippen LogP contribution in [0.25, 0.3) is 11.2 Å². The van der Waals surface area contributed by atoms with Gasteiger partial charge in [0.25, 0.3) is 5.91 Å². The second-order valence-corrected chi connectivity index (χ2v) is 30.6. The van der Waals surface area contributed by atoms with Crippen LogP contribution < -0.4 is 46.1 Å². The number of ketones is 3. The molecule has 632 valence electrons. The Morgan fingerprint density at radius 2 is 1.50 bits per heavy atom. The number of Topliss-reactive ketones (excluding diaryl/α,β-unsaturated/α-hetero) is 1. The number of aromatic hydroxyl groups is 3. The molecule has 5 aromatic carbocycles. The number of carboxylic acids is 2. The van der Waals surface area contributed by atoms with Gasteiger partial charge in [-0.1, -0.05) is 37.3 Å². The number of aromatic nitrogens is 4. The van der Waals surface area contributed by atoms with Gasteiger partial charge in [0.05, 0.1) is 98.3 Å². The number of aliphatic hydroxyl groups is 4. The normalized spacial score (nSPS) is 26.6. The predicted molar refractivity (Wildman–Crippen MR) is 414 cm³/mol. The van der Waals surface area contributed by atoms with Crippen LogP contribution in [-0.2, 0) is 65.2 Å². The molecule has 8 aromatic rings. The molecule has 18 atom stereocenters. The molecule has 6 unspecified atom stereocenters. The lowest BCUT2D eigenvalue weighted by Crippen LogP contribution is -2.62. The van der Waals surface area contributed by atoms with E-state index < -0.39 is 173 Å². The lowest BCUT2D eigenvalue weighted by atomic mass is 9.66. The standard InChI is InChI=1S/C32H32O13S.C27H29NO10.C22H25N7O5.ClH/c1-37-19-6-13(7-20(38-2)25(19)33)23-14-8-17-18(42-12-41-17)9-15(14)28(16-10-39-30(36)24(16)23)44-32-27(35)26(34)29-21(43-32)11-40-31(45-29)22-4-3-5-46-22;1-10-22(30)14(28)7-17(37-10)38-16-9-27(35,11(2)29)8-13-19(16)26(34)21-20(24(13)32)23(31)12-5-4-6-15(36-3)18(12)25(21)33;1-2-11(9-14-10-25-19-17(26-14)18(23)28-22(24)29-19)12-3-5-13(6-4-12)20(32)27-15(21(33)34)7-8-16(30)31;/h3-9,16,21,23-24,26-29,31-35H,10-12H2,1-2H3;4-6,10,14,16-17,22,30,32,34-35H,7-9,28H2,1-3H3;3-6,10-11,15H,2,7-9H2,1H3,(H,27,32)(H,30,31)(H,33,34)(H4,23,24,25,28,29);1H/t16-,21+,23+,24-,26+,27+,28+,29+,31?,32-;10?,14?,16-,17?,22?,27-;11?,15-;/m000./s1. The summed E-state index contributed by atoms with van der Waals surface area (Å²) in [7, 11) is 4.20. The van der Waals surface area contributed by atoms with E-state index in [-0.39, 0.29) is 132 Å². The number of cyclic esters (lactones) is 1. The number of anilines is 1. The first-order valence-electron chi connectivity index (χ1n) is 37.7. The van der Waals surface area contributed by atoms with Crippen LogP contribution in [0.4, 0.5) is 5.82 Å². The number of aromatic amines is 1. The SMILES string of the molecule is CCC(Cc1cnc2nc(=N)[nH]c(N)c2n1)c1ccc(C(=O)N[C@@H](CCC(=O)O)C(=O)O)cc1.COc1cc([C@@H]2c3cc4c(cc3[C@@H](O[C@@H]3O[C@@H]5COC(c6cccs6)O[C@H]5[C@H](O)[C@H]3O)[C@H]3COC(=O)[C@H]23)OCO4)cc(OC)c1O.COc1cccc2c1C(=O)c1c(O)c3c(c(O)c1C2=O)C[C@@](O)(C(C)=O)C[C@@H]3OC1CC(N)C(O)C(C)O1.Cl. The summed E-state index contributed by atoms with van der Waals surface area (Å²) in [5.74, 6) is -6.99. The highest BCUT2D eigenvalue weighted by Gasteiger charge is 2.57. The molecular formula is C81H87ClN8O28S. The van der Waals surface area contributed by atoms with Crippen LogP contribution in [0.5, 0.6) is 46.0 Å². The average Bonchev–Trinajstić information content (AvgIpc) is 1.15. The number of fused-ring (bicyclic) bond motifs is 8. The van der Waals surface area contributed by atoms with Crippen molar-refractivity contribution in [2.24, 2.45) is 17.6 Å². The molecule has 1 amide bonds. The lowest BCUT2D eigenvalue weighted by Gasteiger charge is -2.48. The van der Waals surface area contributed by atoms with Crippen molar-refractivity contribution in [3.63, 3.8) is 0 Å². The van der Waals surface area contributed by atoms with Gasteiger partial charge in [0.15, 0.2) is 59.1 Å². The van der Waals surface area contributed by atoms with Gasteiger partial charge in [0, 0.05) is 65.8 Å². The number of aliphatic carboxylic acids is 2. The molecule has 4 saturated heterocycles. The number of carboxylic acid groups (broad SMARTS) is 2. The summed E-state index contributed by atoms with van der Waals surface area (Å²) in [5.41, 5.74) is 13.4. The zero-order valence-corrected chi connectivity index (χ0v) is 66.3. The number of ether oxygens (including phenoxy) is 12. The second-order valence-electron chi connectivity index (χ2n) is 29.7. The highest BCUT2D eigenvalue weighted by atomic mass is 35.5. The molecule has 16 N–H and O–H groups in total. The zero-order valence-electron chi connectivity index (χ0n) is 64.6. The van der Waals surface area contributed by atoms with Crippen molar-refractivity contribution in [3.05, 3.63) is 168 Å². The number of hydrogen-bond donors (Lipinski definition) is 14. The quantitative estimate of drug-likeness (QED) is 0.0335. The minimum Gasteiger partial charge on any atom is -0.507 e. The number of phenols is 3. The van der Waals surface area contributed by atoms with Gasteiger partial charge in [-0.15, -0.1) is 23.7 Å². The average molecular weight is 1690 g/mol. The van der Waals surface area contributed by atoms with E-state index in [1.807, 2.05) is 30.5 Å². The van der Waals surface area contributed by atoms with Crippen molar-refractivity contribution in [3.8, 4) is 46.0 Å². The second kappa shape index (κ2) is 35.1. The van der Waals surface area contributed by atoms with Crippen molar-refractivity contribution < 1.29 is 136 Å². The largest absolute Gasteiger partial charge is 0.507 e. The van der Waals surface area contributed by atoms with E-state index >= 15 is 0 Å². The summed E-state index contributed by atoms with van der Waals surface area (Å²) in [6.45, 7) is 4.98. The first kappa shape index (κ1) is 85.8. The molecule has 0 spiro atoms. The van der Waals surface area contributed by atoms with Gasteiger partial charge < -0.3 is 125 Å². The van der Waals surface area contributed by atoms with Crippen LogP contribution in [0.2, 0.25) is 0 Å². The third-order valence-corrected chi connectivity index (χ3v) is 23.4. The number of H-pyrrole nitrogens is 1. The van der Waals surface area contributed by atoms with Crippen LogP contribution in [0.15, 0.2) is 90.4 Å². The topological polar surface area (TPSA) is 555 Å². The zero-order chi connectivity index (χ0) is 84.2. The first-order valence-corrected chi connectivity index (χ1v) is 38.6. The van der Waals surface area contributed by atoms with Gasteiger partial charge in [-0.25, -0.2) is 14.8 Å². The minimum atomic E-state index is -2.00. The summed E-state index contributed by atoms with van der Waals surface area (Å²) >= 11 is 1.46. The predicted octanol–water partition coefficient (Wildman–Crippen LogP) is 5.40. The fourth-order valence-corrected chi connectivity index (χ4v) is 17.1. The molecule has 5 aliphatic heterocycles. The van der Waals surface area contributed by atoms with Crippen LogP contribution in [-0.4, -0.2) is 215 Å². The molecule has 0 saturated carbocycles. The van der Waals surface area contributed by atoms with Crippen LogP contribution in [0, 0.1) is 17.2 Å². The summed E-state index contributed by atoms with van der Waals surface area (Å²) in [6, 6.07) is 19.9. The van der Waals surface area contributed by atoms with E-state index in [1.165, 1.54) is 57.8 Å². The van der Waals surface area contributed by atoms with E-state index in [2.05, 4.69) is 25.3 Å². The summed E-state index contributed by atoms with van der Waals surface area (Å²) < 4.78 is 69.6. The number of nitrogen functional groups attached to an aromatic ring is 1. The molecule has 119 heavy (non-hydrogen) atoms. The number of esters is 1. The lowest BCUT2D eigenvalue weighted by molar-refractivity contribution is -0.368. The Balaban J connectivity index is 0.000000156. The molecule has 38 heteroatoms. The van der Waals surface area contributed by atoms with E-state index in [0.29, 0.717) is 45.8 Å². The Hall–Kier alpha value is -11.0. The molecule has 4 fully saturated rings. The van der Waals surface area contributed by atoms with E-state index in [0.717, 1.165) is 16.9 Å². The van der Waals surface area contributed by atoms with Crippen molar-refractivity contribution in [1.29, 1.82) is 5.41 Å². The molecule has 36 nitrogen and oxygen atoms in total. The molecule has 8 heterocycles. The third-order valence-electron chi connectivity index (χ3n) is 22.5. The first-order chi connectivity index (χ1) is 56.4. The number of hydrogen-bond acceptors (Lipinski definition) is 33. The number of phenolic OH excluding ortho intramolecular Hbond substituents is 3. The third kappa shape index (κ3) is 16.7. The summed E-state index contributed by atoms with van der Waals surface area (Å²) in [5, 5.41) is 107. The molecular weight excluding hydrogens is 1600 g/mol. The number of rotatable bonds is 20. The van der Waals surface area contributed by atoms with Crippen LogP contribution in [0.3, 0.4) is 0 Å². The number of nitrogens with zero attached hydrogens (tertiary/aromatic N) is 3. The fraction of sp³-hybridized carbons (Fsp3) is 0.420. The Labute approximate surface area is 687 Å². The number of carbonyl (C=O) groups excluding carboxylic acids is 5. The maximum atomic E-state index is 13.6. The van der Waals surface area contributed by atoms with E-state index in [1.54, 1.807) is 55.6 Å². The van der Waals surface area contributed by atoms with Crippen molar-refractivity contribution in [2.45, 2.75) is 163 Å². The maximum Gasteiger partial charge on any atom is 0.326 e. The number of nitrogens with two attached hydrogens (primary N) is 2. The van der Waals surface area contributed by atoms with Crippen molar-refractivity contribution >= 4 is 81.9 Å². The van der Waals surface area contributed by atoms with Crippen LogP contribution in [0.1, 0.15) is 169 Å². The molecule has 0 bridgehead atoms. The molecule has 0 radical (unpaired) electrons. The monoisotopic (exact) mass is 1690 g/mol. The fourth-order valence-electron chi connectivity index (χ4n) is 16.4. The number of aliphatic hydroxyl groups excluding tert-OH is 3. The van der Waals surface area contributed by atoms with Gasteiger partial charge in [-0.3, -0.25) is 34.2 Å².